The number of hydrogen-bond donors (Lipinski definition) is 1. The maximum absolute atomic E-state index is 6.10. The summed E-state index contributed by atoms with van der Waals surface area (Å²) in [5, 5.41) is 3.62. The van der Waals surface area contributed by atoms with Crippen molar-refractivity contribution in [1.82, 2.24) is 5.32 Å². The summed E-state index contributed by atoms with van der Waals surface area (Å²) in [7, 11) is 0. The maximum atomic E-state index is 6.10. The number of benzene rings is 1. The second kappa shape index (κ2) is 4.82. The van der Waals surface area contributed by atoms with Crippen LogP contribution in [-0.4, -0.2) is 11.6 Å². The van der Waals surface area contributed by atoms with E-state index in [1.54, 1.807) is 0 Å². The number of fused-ring (bicyclic) bond motifs is 1. The number of nitrogens with one attached hydrogen (secondary N) is 1. The van der Waals surface area contributed by atoms with Crippen LogP contribution < -0.4 is 10.1 Å². The van der Waals surface area contributed by atoms with Gasteiger partial charge in [-0.3, -0.25) is 0 Å². The first-order valence-electron chi connectivity index (χ1n) is 7.22. The van der Waals surface area contributed by atoms with E-state index in [0.29, 0.717) is 6.04 Å². The molecule has 19 heavy (non-hydrogen) atoms. The first kappa shape index (κ1) is 14.4. The molecule has 2 nitrogen and oxygen atoms in total. The quantitative estimate of drug-likeness (QED) is 0.890. The van der Waals surface area contributed by atoms with Gasteiger partial charge in [0.15, 0.2) is 0 Å². The van der Waals surface area contributed by atoms with Crippen LogP contribution in [0.15, 0.2) is 18.2 Å². The molecule has 106 valence electrons. The van der Waals surface area contributed by atoms with Crippen molar-refractivity contribution in [2.45, 2.75) is 66.2 Å². The Bertz CT molecular complexity index is 457. The SMILES string of the molecule is CC(NCc1cccc2c1OC(C)(C)C2)C(C)(C)C. The van der Waals surface area contributed by atoms with E-state index < -0.39 is 0 Å². The summed E-state index contributed by atoms with van der Waals surface area (Å²) in [5.41, 5.74) is 2.83. The van der Waals surface area contributed by atoms with Crippen molar-refractivity contribution in [3.8, 4) is 5.75 Å². The van der Waals surface area contributed by atoms with Crippen LogP contribution in [0.25, 0.3) is 0 Å². The van der Waals surface area contributed by atoms with Gasteiger partial charge in [-0.05, 0) is 31.7 Å². The molecule has 2 rings (SSSR count). The van der Waals surface area contributed by atoms with E-state index >= 15 is 0 Å². The Morgan fingerprint density at radius 3 is 2.63 bits per heavy atom. The Hall–Kier alpha value is -1.02. The molecule has 1 aromatic carbocycles. The third kappa shape index (κ3) is 3.30. The van der Waals surface area contributed by atoms with Gasteiger partial charge in [-0.1, -0.05) is 39.0 Å². The van der Waals surface area contributed by atoms with Gasteiger partial charge < -0.3 is 10.1 Å². The predicted molar refractivity (Wildman–Crippen MR) is 80.6 cm³/mol. The van der Waals surface area contributed by atoms with Gasteiger partial charge in [-0.15, -0.1) is 0 Å². The third-order valence-electron chi connectivity index (χ3n) is 4.07. The third-order valence-corrected chi connectivity index (χ3v) is 4.07. The molecule has 2 heteroatoms. The number of para-hydroxylation sites is 1. The molecule has 1 N–H and O–H groups in total. The van der Waals surface area contributed by atoms with Crippen LogP contribution >= 0.6 is 0 Å². The maximum Gasteiger partial charge on any atom is 0.127 e. The van der Waals surface area contributed by atoms with E-state index in [1.807, 2.05) is 0 Å². The molecule has 1 atom stereocenters. The van der Waals surface area contributed by atoms with E-state index in [1.165, 1.54) is 11.1 Å². The molecule has 0 aromatic heterocycles. The largest absolute Gasteiger partial charge is 0.487 e. The second-order valence-electron chi connectivity index (χ2n) is 7.41. The van der Waals surface area contributed by atoms with Crippen molar-refractivity contribution in [2.24, 2.45) is 5.41 Å². The van der Waals surface area contributed by atoms with Crippen LogP contribution in [0.5, 0.6) is 5.75 Å². The zero-order valence-corrected chi connectivity index (χ0v) is 13.1. The van der Waals surface area contributed by atoms with Crippen LogP contribution in [0.2, 0.25) is 0 Å². The van der Waals surface area contributed by atoms with Gasteiger partial charge in [0.25, 0.3) is 0 Å². The Morgan fingerprint density at radius 2 is 2.00 bits per heavy atom. The van der Waals surface area contributed by atoms with Gasteiger partial charge in [0.1, 0.15) is 11.4 Å². The summed E-state index contributed by atoms with van der Waals surface area (Å²) in [6.07, 6.45) is 1.00. The molecule has 0 bridgehead atoms. The molecule has 1 aromatic rings. The van der Waals surface area contributed by atoms with Gasteiger partial charge in [0.05, 0.1) is 0 Å². The highest BCUT2D eigenvalue weighted by Gasteiger charge is 2.31. The molecule has 0 saturated carbocycles. The van der Waals surface area contributed by atoms with Crippen molar-refractivity contribution in [3.63, 3.8) is 0 Å². The fraction of sp³-hybridized carbons (Fsp3) is 0.647. The Balaban J connectivity index is 2.10. The standard InChI is InChI=1S/C17H27NO/c1-12(16(2,3)4)18-11-14-9-7-8-13-10-17(5,6)19-15(13)14/h7-9,12,18H,10-11H2,1-6H3. The minimum absolute atomic E-state index is 0.0614. The van der Waals surface area contributed by atoms with Crippen LogP contribution in [-0.2, 0) is 13.0 Å². The molecule has 0 radical (unpaired) electrons. The Kier molecular flexibility index (Phi) is 3.65. The topological polar surface area (TPSA) is 21.3 Å². The minimum Gasteiger partial charge on any atom is -0.487 e. The highest BCUT2D eigenvalue weighted by molar-refractivity contribution is 5.45. The molecule has 1 aliphatic heterocycles. The average molecular weight is 261 g/mol. The summed E-state index contributed by atoms with van der Waals surface area (Å²) in [5.74, 6) is 1.10. The van der Waals surface area contributed by atoms with E-state index in [0.717, 1.165) is 18.7 Å². The molecule has 0 saturated heterocycles. The summed E-state index contributed by atoms with van der Waals surface area (Å²) in [6.45, 7) is 14.2. The number of rotatable bonds is 3. The van der Waals surface area contributed by atoms with Gasteiger partial charge in [-0.25, -0.2) is 0 Å². The van der Waals surface area contributed by atoms with E-state index in [4.69, 9.17) is 4.74 Å². The lowest BCUT2D eigenvalue weighted by Gasteiger charge is -2.28. The molecule has 1 unspecified atom stereocenters. The Morgan fingerprint density at radius 1 is 1.32 bits per heavy atom. The molecule has 0 amide bonds. The lowest BCUT2D eigenvalue weighted by Crippen LogP contribution is -2.37. The minimum atomic E-state index is -0.0614. The van der Waals surface area contributed by atoms with Gasteiger partial charge in [-0.2, -0.15) is 0 Å². The van der Waals surface area contributed by atoms with E-state index in [9.17, 15) is 0 Å². The summed E-state index contributed by atoms with van der Waals surface area (Å²) >= 11 is 0. The molecule has 0 aliphatic carbocycles. The van der Waals surface area contributed by atoms with Crippen molar-refractivity contribution >= 4 is 0 Å². The van der Waals surface area contributed by atoms with Crippen molar-refractivity contribution in [3.05, 3.63) is 29.3 Å². The summed E-state index contributed by atoms with van der Waals surface area (Å²) in [4.78, 5) is 0. The molecule has 0 spiro atoms. The van der Waals surface area contributed by atoms with Gasteiger partial charge in [0.2, 0.25) is 0 Å². The number of hydrogen-bond acceptors (Lipinski definition) is 2. The average Bonchev–Trinajstić information content (AvgIpc) is 2.58. The first-order valence-corrected chi connectivity index (χ1v) is 7.22. The highest BCUT2D eigenvalue weighted by Crippen LogP contribution is 2.37. The molecule has 1 aliphatic rings. The Labute approximate surface area is 117 Å². The van der Waals surface area contributed by atoms with E-state index in [2.05, 4.69) is 65.1 Å². The highest BCUT2D eigenvalue weighted by atomic mass is 16.5. The normalized spacial score (nSPS) is 18.8. The van der Waals surface area contributed by atoms with Gasteiger partial charge in [0, 0.05) is 24.6 Å². The zero-order valence-electron chi connectivity index (χ0n) is 13.1. The van der Waals surface area contributed by atoms with Crippen LogP contribution in [0.4, 0.5) is 0 Å². The second-order valence-corrected chi connectivity index (χ2v) is 7.41. The summed E-state index contributed by atoms with van der Waals surface area (Å²) < 4.78 is 6.10. The fourth-order valence-corrected chi connectivity index (χ4v) is 2.39. The predicted octanol–water partition coefficient (Wildman–Crippen LogP) is 3.92. The van der Waals surface area contributed by atoms with Crippen molar-refractivity contribution in [1.29, 1.82) is 0 Å². The fourth-order valence-electron chi connectivity index (χ4n) is 2.39. The lowest BCUT2D eigenvalue weighted by atomic mass is 9.88. The van der Waals surface area contributed by atoms with Crippen LogP contribution in [0.3, 0.4) is 0 Å². The van der Waals surface area contributed by atoms with Crippen LogP contribution in [0.1, 0.15) is 52.7 Å². The van der Waals surface area contributed by atoms with Crippen LogP contribution in [0, 0.1) is 5.41 Å². The van der Waals surface area contributed by atoms with Gasteiger partial charge >= 0.3 is 0 Å². The van der Waals surface area contributed by atoms with Crippen molar-refractivity contribution in [2.75, 3.05) is 0 Å². The zero-order chi connectivity index (χ0) is 14.3. The molecular weight excluding hydrogens is 234 g/mol. The first-order chi connectivity index (χ1) is 8.69. The van der Waals surface area contributed by atoms with Crippen molar-refractivity contribution < 1.29 is 4.74 Å². The lowest BCUT2D eigenvalue weighted by molar-refractivity contribution is 0.137. The van der Waals surface area contributed by atoms with E-state index in [-0.39, 0.29) is 11.0 Å². The molecule has 0 fully saturated rings. The smallest absolute Gasteiger partial charge is 0.127 e. The monoisotopic (exact) mass is 261 g/mol. The molecular formula is C17H27NO. The summed E-state index contributed by atoms with van der Waals surface area (Å²) in [6, 6.07) is 6.96. The molecule has 1 heterocycles. The number of ether oxygens (including phenoxy) is 1.